The highest BCUT2D eigenvalue weighted by molar-refractivity contribution is 6.07. The number of fused-ring (bicyclic) bond motifs is 1. The Labute approximate surface area is 181 Å². The topological polar surface area (TPSA) is 47.6 Å². The van der Waals surface area contributed by atoms with Gasteiger partial charge in [-0.2, -0.15) is 30.7 Å². The first-order valence-electron chi connectivity index (χ1n) is 9.24. The molecule has 0 saturated heterocycles. The Kier molecular flexibility index (Phi) is 5.22. The molecule has 0 unspecified atom stereocenters. The van der Waals surface area contributed by atoms with Gasteiger partial charge in [-0.3, -0.25) is 4.79 Å². The van der Waals surface area contributed by atoms with Gasteiger partial charge in [0.25, 0.3) is 5.91 Å². The van der Waals surface area contributed by atoms with Gasteiger partial charge < -0.3 is 14.8 Å². The summed E-state index contributed by atoms with van der Waals surface area (Å²) in [6.07, 6.45) is -14.6. The quantitative estimate of drug-likeness (QED) is 0.439. The molecular weight excluding hydrogens is 459 g/mol. The van der Waals surface area contributed by atoms with Gasteiger partial charge in [-0.15, -0.1) is 0 Å². The van der Waals surface area contributed by atoms with E-state index in [1.165, 1.54) is 36.4 Å². The SMILES string of the molecule is O=C(Nc1ccccc1-c1ccc2c(c1)OC(F)(F)C(F)(F)O2)c1ccccc1C(F)(F)F. The van der Waals surface area contributed by atoms with E-state index in [1.54, 1.807) is 0 Å². The van der Waals surface area contributed by atoms with Crippen molar-refractivity contribution in [2.45, 2.75) is 18.4 Å². The van der Waals surface area contributed by atoms with Crippen LogP contribution in [0.2, 0.25) is 0 Å². The molecule has 1 aliphatic heterocycles. The maximum atomic E-state index is 13.5. The van der Waals surface area contributed by atoms with Crippen molar-refractivity contribution in [3.8, 4) is 22.6 Å². The van der Waals surface area contributed by atoms with Gasteiger partial charge in [0.05, 0.1) is 11.1 Å². The Morgan fingerprint density at radius 2 is 1.39 bits per heavy atom. The molecular formula is C22H12F7NO3. The van der Waals surface area contributed by atoms with Crippen LogP contribution < -0.4 is 14.8 Å². The zero-order chi connectivity index (χ0) is 24.0. The van der Waals surface area contributed by atoms with E-state index in [0.29, 0.717) is 0 Å². The molecule has 0 atom stereocenters. The highest BCUT2D eigenvalue weighted by Gasteiger charge is 2.65. The summed E-state index contributed by atoms with van der Waals surface area (Å²) in [5.74, 6) is -2.36. The molecule has 0 saturated carbocycles. The highest BCUT2D eigenvalue weighted by Crippen LogP contribution is 2.48. The standard InChI is InChI=1S/C22H12F7NO3/c23-20(24,25)15-7-3-1-6-14(15)19(31)30-16-8-4-2-5-13(16)12-9-10-17-18(11-12)33-22(28,29)21(26,27)32-17/h1-11H,(H,30,31). The summed E-state index contributed by atoms with van der Waals surface area (Å²) < 4.78 is 102. The fourth-order valence-corrected chi connectivity index (χ4v) is 3.20. The summed E-state index contributed by atoms with van der Waals surface area (Å²) in [6, 6.07) is 13.2. The van der Waals surface area contributed by atoms with E-state index in [2.05, 4.69) is 14.8 Å². The fraction of sp³-hybridized carbons (Fsp3) is 0.136. The van der Waals surface area contributed by atoms with E-state index in [0.717, 1.165) is 30.3 Å². The number of para-hydroxylation sites is 1. The molecule has 0 bridgehead atoms. The van der Waals surface area contributed by atoms with Crippen LogP contribution in [0.3, 0.4) is 0 Å². The van der Waals surface area contributed by atoms with Crippen LogP contribution in [-0.4, -0.2) is 18.1 Å². The molecule has 3 aromatic carbocycles. The number of hydrogen-bond donors (Lipinski definition) is 1. The third kappa shape index (κ3) is 4.18. The van der Waals surface area contributed by atoms with Crippen LogP contribution in [0.25, 0.3) is 11.1 Å². The molecule has 1 amide bonds. The fourth-order valence-electron chi connectivity index (χ4n) is 3.20. The average molecular weight is 471 g/mol. The minimum absolute atomic E-state index is 0.0493. The van der Waals surface area contributed by atoms with Crippen molar-refractivity contribution in [3.63, 3.8) is 0 Å². The summed E-state index contributed by atoms with van der Waals surface area (Å²) in [5, 5.41) is 2.37. The number of ether oxygens (including phenoxy) is 2. The molecule has 0 radical (unpaired) electrons. The molecule has 172 valence electrons. The average Bonchev–Trinajstić information content (AvgIpc) is 2.73. The zero-order valence-electron chi connectivity index (χ0n) is 16.2. The number of anilines is 1. The van der Waals surface area contributed by atoms with Gasteiger partial charge in [0.1, 0.15) is 0 Å². The Balaban J connectivity index is 1.69. The second-order valence-electron chi connectivity index (χ2n) is 6.94. The number of alkyl halides is 7. The zero-order valence-corrected chi connectivity index (χ0v) is 16.2. The van der Waals surface area contributed by atoms with Crippen molar-refractivity contribution >= 4 is 11.6 Å². The molecule has 0 spiro atoms. The molecule has 4 rings (SSSR count). The predicted molar refractivity (Wildman–Crippen MR) is 102 cm³/mol. The summed E-state index contributed by atoms with van der Waals surface area (Å²) in [7, 11) is 0. The molecule has 0 fully saturated rings. The number of amides is 1. The second kappa shape index (κ2) is 7.68. The van der Waals surface area contributed by atoms with E-state index in [4.69, 9.17) is 0 Å². The number of carbonyl (C=O) groups is 1. The molecule has 33 heavy (non-hydrogen) atoms. The number of hydrogen-bond acceptors (Lipinski definition) is 3. The van der Waals surface area contributed by atoms with E-state index >= 15 is 0 Å². The normalized spacial score (nSPS) is 16.2. The van der Waals surface area contributed by atoms with E-state index in [9.17, 15) is 35.5 Å². The van der Waals surface area contributed by atoms with Crippen molar-refractivity contribution in [2.24, 2.45) is 0 Å². The molecule has 3 aromatic rings. The monoisotopic (exact) mass is 471 g/mol. The maximum absolute atomic E-state index is 13.5. The van der Waals surface area contributed by atoms with Gasteiger partial charge in [0, 0.05) is 11.3 Å². The van der Waals surface area contributed by atoms with Crippen molar-refractivity contribution < 1.29 is 45.0 Å². The smallest absolute Gasteiger partial charge is 0.421 e. The molecule has 1 N–H and O–H groups in total. The minimum atomic E-state index is -4.92. The van der Waals surface area contributed by atoms with Gasteiger partial charge >= 0.3 is 18.4 Å². The van der Waals surface area contributed by atoms with Crippen molar-refractivity contribution in [2.75, 3.05) is 5.32 Å². The van der Waals surface area contributed by atoms with Crippen LogP contribution in [0, 0.1) is 0 Å². The number of rotatable bonds is 3. The lowest BCUT2D eigenvalue weighted by Crippen LogP contribution is -2.52. The molecule has 1 aliphatic rings. The number of halogens is 7. The molecule has 11 heteroatoms. The van der Waals surface area contributed by atoms with E-state index in [1.807, 2.05) is 0 Å². The Morgan fingerprint density at radius 1 is 0.788 bits per heavy atom. The first-order chi connectivity index (χ1) is 15.4. The Hall–Kier alpha value is -3.76. The molecule has 0 aromatic heterocycles. The van der Waals surface area contributed by atoms with Gasteiger partial charge in [0.15, 0.2) is 11.5 Å². The van der Waals surface area contributed by atoms with E-state index in [-0.39, 0.29) is 16.8 Å². The Bertz CT molecular complexity index is 1220. The van der Waals surface area contributed by atoms with Crippen molar-refractivity contribution in [1.82, 2.24) is 0 Å². The van der Waals surface area contributed by atoms with Crippen LogP contribution in [-0.2, 0) is 6.18 Å². The predicted octanol–water partition coefficient (Wildman–Crippen LogP) is 6.58. The van der Waals surface area contributed by atoms with Crippen LogP contribution in [0.5, 0.6) is 11.5 Å². The van der Waals surface area contributed by atoms with Crippen LogP contribution >= 0.6 is 0 Å². The Morgan fingerprint density at radius 3 is 2.09 bits per heavy atom. The van der Waals surface area contributed by atoms with E-state index < -0.39 is 46.9 Å². The first kappa shape index (κ1) is 22.4. The number of carbonyl (C=O) groups excluding carboxylic acids is 1. The summed E-state index contributed by atoms with van der Waals surface area (Å²) in [5.41, 5.74) is -1.35. The highest BCUT2D eigenvalue weighted by atomic mass is 19.4. The van der Waals surface area contributed by atoms with Crippen LogP contribution in [0.1, 0.15) is 15.9 Å². The third-order valence-electron chi connectivity index (χ3n) is 4.72. The molecule has 0 aliphatic carbocycles. The summed E-state index contributed by atoms with van der Waals surface area (Å²) in [6.45, 7) is 0. The molecule has 1 heterocycles. The summed E-state index contributed by atoms with van der Waals surface area (Å²) >= 11 is 0. The molecule has 4 nitrogen and oxygen atoms in total. The maximum Gasteiger partial charge on any atom is 0.507 e. The summed E-state index contributed by atoms with van der Waals surface area (Å²) in [4.78, 5) is 12.6. The number of nitrogens with one attached hydrogen (secondary N) is 1. The number of benzene rings is 3. The lowest BCUT2D eigenvalue weighted by Gasteiger charge is -2.32. The minimum Gasteiger partial charge on any atom is -0.421 e. The van der Waals surface area contributed by atoms with Gasteiger partial charge in [0.2, 0.25) is 0 Å². The van der Waals surface area contributed by atoms with Crippen LogP contribution in [0.15, 0.2) is 66.7 Å². The van der Waals surface area contributed by atoms with Gasteiger partial charge in [-0.05, 0) is 35.9 Å². The van der Waals surface area contributed by atoms with Gasteiger partial charge in [-0.1, -0.05) is 36.4 Å². The first-order valence-corrected chi connectivity index (χ1v) is 9.24. The second-order valence-corrected chi connectivity index (χ2v) is 6.94. The lowest BCUT2D eigenvalue weighted by atomic mass is 10.0. The van der Waals surface area contributed by atoms with Gasteiger partial charge in [-0.25, -0.2) is 0 Å². The largest absolute Gasteiger partial charge is 0.507 e. The van der Waals surface area contributed by atoms with Crippen molar-refractivity contribution in [3.05, 3.63) is 77.9 Å². The lowest BCUT2D eigenvalue weighted by molar-refractivity contribution is -0.391. The van der Waals surface area contributed by atoms with Crippen LogP contribution in [0.4, 0.5) is 36.4 Å². The van der Waals surface area contributed by atoms with Crippen molar-refractivity contribution in [1.29, 1.82) is 0 Å². The third-order valence-corrected chi connectivity index (χ3v) is 4.72.